The van der Waals surface area contributed by atoms with Crippen LogP contribution in [0.1, 0.15) is 19.8 Å². The van der Waals surface area contributed by atoms with Crippen molar-refractivity contribution in [1.82, 2.24) is 0 Å². The van der Waals surface area contributed by atoms with E-state index in [1.54, 1.807) is 0 Å². The molecule has 1 unspecified atom stereocenters. The maximum Gasteiger partial charge on any atom is 0.332 e. The van der Waals surface area contributed by atoms with Crippen LogP contribution in [0.5, 0.6) is 0 Å². The van der Waals surface area contributed by atoms with Crippen LogP contribution in [0.25, 0.3) is 1.43 Å². The van der Waals surface area contributed by atoms with E-state index in [4.69, 9.17) is 6.54 Å². The third-order valence-corrected chi connectivity index (χ3v) is 0.834. The van der Waals surface area contributed by atoms with Gasteiger partial charge in [-0.3, -0.25) is 0 Å². The molecule has 48 valence electrons. The Labute approximate surface area is 49.4 Å². The zero-order chi connectivity index (χ0) is 7.28. The molecule has 0 aliphatic rings. The highest BCUT2D eigenvalue weighted by molar-refractivity contribution is 5.71. The molecule has 3 nitrogen and oxygen atoms in total. The number of carboxylic acid groups (broad SMARTS) is 1. The Morgan fingerprint density at radius 3 is 3.00 bits per heavy atom. The van der Waals surface area contributed by atoms with Crippen LogP contribution in [0.2, 0.25) is 0 Å². The van der Waals surface area contributed by atoms with Crippen molar-refractivity contribution in [1.29, 1.82) is 1.43 Å². The van der Waals surface area contributed by atoms with Gasteiger partial charge < -0.3 is 10.2 Å². The number of hydrogen-bond donors (Lipinski definition) is 2. The first-order valence-electron chi connectivity index (χ1n) is 2.98. The van der Waals surface area contributed by atoms with Gasteiger partial charge in [0.05, 0.1) is 0 Å². The molecule has 0 saturated heterocycles. The van der Waals surface area contributed by atoms with Crippen LogP contribution in [0, 0.1) is 0 Å². The van der Waals surface area contributed by atoms with E-state index < -0.39 is 12.1 Å². The first-order valence-corrected chi connectivity index (χ1v) is 2.57. The molecule has 8 heavy (non-hydrogen) atoms. The second-order valence-corrected chi connectivity index (χ2v) is 1.62. The molecule has 0 aromatic heterocycles. The lowest BCUT2D eigenvalue weighted by Crippen LogP contribution is -2.18. The number of hydrogen-bond acceptors (Lipinski definition) is 3. The number of aliphatic hydroxyl groups excluding tert-OH is 1. The van der Waals surface area contributed by atoms with E-state index in [1.165, 1.54) is 0 Å². The lowest BCUT2D eigenvalue weighted by atomic mass is 10.2. The Kier molecular flexibility index (Phi) is 2.39. The molecule has 0 spiro atoms. The predicted octanol–water partition coefficient (Wildman–Crippen LogP) is 0.232. The van der Waals surface area contributed by atoms with E-state index in [9.17, 15) is 4.79 Å². The Balaban J connectivity index is 3.45. The van der Waals surface area contributed by atoms with Gasteiger partial charge >= 0.3 is 5.97 Å². The normalized spacial score (nSPS) is 14.5. The van der Waals surface area contributed by atoms with Crippen LogP contribution in [-0.2, 0) is 4.79 Å². The van der Waals surface area contributed by atoms with Gasteiger partial charge in [0.1, 0.15) is 0 Å². The van der Waals surface area contributed by atoms with Crippen LogP contribution in [-0.4, -0.2) is 22.3 Å². The molecule has 0 rings (SSSR count). The Bertz CT molecular complexity index is 94.2. The molecule has 2 N–H and O–H groups in total. The summed E-state index contributed by atoms with van der Waals surface area (Å²) in [7, 11) is 0. The highest BCUT2D eigenvalue weighted by Gasteiger charge is 2.09. The van der Waals surface area contributed by atoms with Gasteiger partial charge in [-0.1, -0.05) is 13.3 Å². The average molecular weight is 119 g/mol. The highest BCUT2D eigenvalue weighted by Crippen LogP contribution is 1.93. The van der Waals surface area contributed by atoms with Crippen LogP contribution in [0.4, 0.5) is 0 Å². The van der Waals surface area contributed by atoms with Crippen molar-refractivity contribution in [2.45, 2.75) is 25.9 Å². The minimum Gasteiger partial charge on any atom is -0.479 e. The second-order valence-electron chi connectivity index (χ2n) is 1.62. The largest absolute Gasteiger partial charge is 0.479 e. The van der Waals surface area contributed by atoms with Gasteiger partial charge in [0.15, 0.2) is 6.10 Å². The minimum absolute atomic E-state index is 0.359. The second kappa shape index (κ2) is 3.43. The molecule has 0 saturated carbocycles. The summed E-state index contributed by atoms with van der Waals surface area (Å²) in [5.41, 5.74) is 0. The maximum absolute atomic E-state index is 10.2. The van der Waals surface area contributed by atoms with E-state index in [1.807, 2.05) is 6.92 Å². The van der Waals surface area contributed by atoms with Crippen molar-refractivity contribution >= 4 is 5.97 Å². The summed E-state index contributed by atoms with van der Waals surface area (Å²) in [5, 5.41) is 12.2. The Morgan fingerprint density at radius 2 is 2.62 bits per heavy atom. The summed E-state index contributed by atoms with van der Waals surface area (Å²) >= 11 is 0. The van der Waals surface area contributed by atoms with E-state index in [2.05, 4.69) is 5.11 Å². The highest BCUT2D eigenvalue weighted by atomic mass is 16.4. The fraction of sp³-hybridized carbons (Fsp3) is 0.800. The summed E-state index contributed by atoms with van der Waals surface area (Å²) in [4.78, 5) is 10.2. The van der Waals surface area contributed by atoms with Crippen molar-refractivity contribution in [2.75, 3.05) is 0 Å². The third-order valence-electron chi connectivity index (χ3n) is 0.834. The molecule has 1 atom stereocenters. The van der Waals surface area contributed by atoms with Crippen molar-refractivity contribution in [3.63, 3.8) is 0 Å². The van der Waals surface area contributed by atoms with Gasteiger partial charge in [-0.15, -0.1) is 0 Å². The Morgan fingerprint density at radius 1 is 2.00 bits per heavy atom. The molecule has 0 amide bonds. The van der Waals surface area contributed by atoms with Crippen LogP contribution in [0.15, 0.2) is 0 Å². The maximum atomic E-state index is 10.2. The first kappa shape index (κ1) is 5.56. The lowest BCUT2D eigenvalue weighted by molar-refractivity contribution is -0.146. The molecule has 0 aliphatic carbocycles. The summed E-state index contributed by atoms with van der Waals surface area (Å²) in [5.74, 6) is -0.878. The molecule has 0 aromatic carbocycles. The van der Waals surface area contributed by atoms with Gasteiger partial charge in [0.2, 0.25) is 0 Å². The van der Waals surface area contributed by atoms with Crippen molar-refractivity contribution in [3.05, 3.63) is 0 Å². The smallest absolute Gasteiger partial charge is 0.332 e. The molecule has 3 heteroatoms. The molecule has 0 heterocycles. The van der Waals surface area contributed by atoms with Gasteiger partial charge in [0, 0.05) is 0 Å². The predicted molar refractivity (Wildman–Crippen MR) is 28.6 cm³/mol. The van der Waals surface area contributed by atoms with E-state index in [0.717, 1.165) is 0 Å². The molecule has 0 radical (unpaired) electrons. The Hall–Kier alpha value is -0.570. The zero-order valence-electron chi connectivity index (χ0n) is 5.76. The van der Waals surface area contributed by atoms with E-state index in [-0.39, 0.29) is 0 Å². The quantitative estimate of drug-likeness (QED) is 0.559. The number of rotatable bonds is 3. The summed E-state index contributed by atoms with van der Waals surface area (Å²) in [6.07, 6.45) is -0.0546. The fourth-order valence-corrected chi connectivity index (χ4v) is 0.391. The lowest BCUT2D eigenvalue weighted by Gasteiger charge is -1.99. The van der Waals surface area contributed by atoms with Crippen LogP contribution in [0.3, 0.4) is 0 Å². The van der Waals surface area contributed by atoms with Crippen molar-refractivity contribution in [3.8, 4) is 0 Å². The van der Waals surface area contributed by atoms with Crippen molar-refractivity contribution < 1.29 is 15.0 Å². The van der Waals surface area contributed by atoms with Gasteiger partial charge in [0.25, 0.3) is 1.43 Å². The standard InChI is InChI=1S/C5H10O3/c1-2-3-4(6)5(7)8/h4,6H,2-3H2,1H3,(H,7,8)/i/hD. The third kappa shape index (κ3) is 2.58. The number of aliphatic carboxylic acids is 1. The molecular weight excluding hydrogens is 108 g/mol. The topological polar surface area (TPSA) is 57.5 Å². The van der Waals surface area contributed by atoms with E-state index in [0.29, 0.717) is 12.8 Å². The average Bonchev–Trinajstić information content (AvgIpc) is 1.87. The van der Waals surface area contributed by atoms with Crippen LogP contribution >= 0.6 is 0 Å². The van der Waals surface area contributed by atoms with Gasteiger partial charge in [-0.05, 0) is 6.42 Å². The molecule has 0 fully saturated rings. The first-order chi connectivity index (χ1) is 4.22. The summed E-state index contributed by atoms with van der Waals surface area (Å²) in [6.45, 7) is 1.83. The number of aliphatic hydroxyl groups is 1. The molecule has 0 aliphatic heterocycles. The molecular formula is C5H10O3. The number of carbonyl (C=O) groups is 1. The van der Waals surface area contributed by atoms with E-state index >= 15 is 0 Å². The van der Waals surface area contributed by atoms with Gasteiger partial charge in [-0.25, -0.2) is 4.79 Å². The zero-order valence-corrected chi connectivity index (χ0v) is 4.76. The van der Waals surface area contributed by atoms with Gasteiger partial charge in [-0.2, -0.15) is 0 Å². The van der Waals surface area contributed by atoms with Crippen LogP contribution < -0.4 is 0 Å². The molecule has 0 bridgehead atoms. The molecule has 0 aromatic rings. The summed E-state index contributed by atoms with van der Waals surface area (Å²) in [6, 6.07) is 0. The minimum atomic E-state index is -1.12. The SMILES string of the molecule is [2H]OC(=O)C(O)CCC. The number of carboxylic acids is 1. The monoisotopic (exact) mass is 119 g/mol. The summed E-state index contributed by atoms with van der Waals surface area (Å²) < 4.78 is 6.11. The fourth-order valence-electron chi connectivity index (χ4n) is 0.391. The van der Waals surface area contributed by atoms with Crippen molar-refractivity contribution in [2.24, 2.45) is 0 Å².